The first kappa shape index (κ1) is 13.5. The van der Waals surface area contributed by atoms with Gasteiger partial charge in [-0.25, -0.2) is 5.06 Å². The van der Waals surface area contributed by atoms with Crippen LogP contribution in [0.1, 0.15) is 19.4 Å². The fourth-order valence-electron chi connectivity index (χ4n) is 1.36. The van der Waals surface area contributed by atoms with Crippen molar-refractivity contribution in [1.82, 2.24) is 0 Å². The molecule has 2 nitrogen and oxygen atoms in total. The highest BCUT2D eigenvalue weighted by Crippen LogP contribution is 2.17. The third kappa shape index (κ3) is 4.87. The van der Waals surface area contributed by atoms with Crippen molar-refractivity contribution < 1.29 is 4.84 Å². The topological polar surface area (TPSA) is 12.5 Å². The minimum absolute atomic E-state index is 0.529. The summed E-state index contributed by atoms with van der Waals surface area (Å²) < 4.78 is 0. The third-order valence-corrected chi connectivity index (χ3v) is 2.20. The molecule has 0 aliphatic heterocycles. The Labute approximate surface area is 104 Å². The summed E-state index contributed by atoms with van der Waals surface area (Å²) in [5.74, 6) is 0. The summed E-state index contributed by atoms with van der Waals surface area (Å²) in [4.78, 5) is 5.71. The zero-order valence-corrected chi connectivity index (χ0v) is 11.0. The van der Waals surface area contributed by atoms with E-state index < -0.39 is 0 Å². The normalized spacial score (nSPS) is 10.1. The number of hydrogen-bond acceptors (Lipinski definition) is 2. The number of rotatable bonds is 6. The van der Waals surface area contributed by atoms with E-state index in [4.69, 9.17) is 4.84 Å². The van der Waals surface area contributed by atoms with Crippen LogP contribution in [0.4, 0.5) is 5.69 Å². The highest BCUT2D eigenvalue weighted by atomic mass is 16.7. The van der Waals surface area contributed by atoms with E-state index in [2.05, 4.69) is 44.3 Å². The molecule has 0 unspecified atom stereocenters. The van der Waals surface area contributed by atoms with Crippen LogP contribution < -0.4 is 5.06 Å². The van der Waals surface area contributed by atoms with Crippen LogP contribution in [0.5, 0.6) is 0 Å². The molecule has 0 atom stereocenters. The van der Waals surface area contributed by atoms with Crippen molar-refractivity contribution in [3.05, 3.63) is 54.1 Å². The van der Waals surface area contributed by atoms with Crippen LogP contribution in [0.3, 0.4) is 0 Å². The fraction of sp³-hybridized carbons (Fsp3) is 0.333. The SMILES string of the molecule is C=C(C)CON(CC(=C)C)c1ccc(C)cc1. The lowest BCUT2D eigenvalue weighted by molar-refractivity contribution is 0.133. The third-order valence-electron chi connectivity index (χ3n) is 2.20. The molecule has 0 aromatic heterocycles. The summed E-state index contributed by atoms with van der Waals surface area (Å²) in [7, 11) is 0. The Kier molecular flexibility index (Phi) is 4.98. The molecule has 1 aromatic carbocycles. The second-order valence-corrected chi connectivity index (χ2v) is 4.56. The molecule has 0 aliphatic rings. The monoisotopic (exact) mass is 231 g/mol. The minimum Gasteiger partial charge on any atom is -0.269 e. The van der Waals surface area contributed by atoms with Crippen LogP contribution in [-0.2, 0) is 4.84 Å². The molecule has 1 rings (SSSR count). The molecule has 0 amide bonds. The summed E-state index contributed by atoms with van der Waals surface area (Å²) in [6, 6.07) is 8.25. The first-order valence-corrected chi connectivity index (χ1v) is 5.75. The number of aryl methyl sites for hydroxylation is 1. The van der Waals surface area contributed by atoms with Gasteiger partial charge in [-0.3, -0.25) is 4.84 Å². The van der Waals surface area contributed by atoms with Crippen LogP contribution in [0, 0.1) is 6.92 Å². The number of nitrogens with zero attached hydrogens (tertiary/aromatic N) is 1. The maximum absolute atomic E-state index is 5.71. The Morgan fingerprint density at radius 2 is 1.71 bits per heavy atom. The Bertz CT molecular complexity index is 392. The second kappa shape index (κ2) is 6.26. The summed E-state index contributed by atoms with van der Waals surface area (Å²) in [5.41, 5.74) is 4.35. The molecular weight excluding hydrogens is 210 g/mol. The van der Waals surface area contributed by atoms with Crippen molar-refractivity contribution >= 4 is 5.69 Å². The molecule has 0 N–H and O–H groups in total. The molecule has 0 saturated carbocycles. The molecule has 0 saturated heterocycles. The van der Waals surface area contributed by atoms with Crippen molar-refractivity contribution in [3.63, 3.8) is 0 Å². The predicted octanol–water partition coefficient (Wildman–Crippen LogP) is 3.89. The van der Waals surface area contributed by atoms with Gasteiger partial charge in [0.2, 0.25) is 0 Å². The number of anilines is 1. The molecule has 2 heteroatoms. The van der Waals surface area contributed by atoms with Crippen LogP contribution in [-0.4, -0.2) is 13.2 Å². The van der Waals surface area contributed by atoms with Gasteiger partial charge < -0.3 is 0 Å². The largest absolute Gasteiger partial charge is 0.269 e. The van der Waals surface area contributed by atoms with E-state index in [9.17, 15) is 0 Å². The lowest BCUT2D eigenvalue weighted by Crippen LogP contribution is -2.26. The second-order valence-electron chi connectivity index (χ2n) is 4.56. The molecule has 0 heterocycles. The maximum Gasteiger partial charge on any atom is 0.0954 e. The highest BCUT2D eigenvalue weighted by Gasteiger charge is 2.07. The smallest absolute Gasteiger partial charge is 0.0954 e. The highest BCUT2D eigenvalue weighted by molar-refractivity contribution is 5.46. The summed E-state index contributed by atoms with van der Waals surface area (Å²) in [5, 5.41) is 1.86. The van der Waals surface area contributed by atoms with E-state index in [1.807, 2.05) is 18.9 Å². The van der Waals surface area contributed by atoms with Crippen molar-refractivity contribution in [2.45, 2.75) is 20.8 Å². The van der Waals surface area contributed by atoms with Crippen molar-refractivity contribution in [3.8, 4) is 0 Å². The van der Waals surface area contributed by atoms with Crippen LogP contribution >= 0.6 is 0 Å². The van der Waals surface area contributed by atoms with E-state index in [0.29, 0.717) is 13.2 Å². The molecule has 0 aliphatic carbocycles. The summed E-state index contributed by atoms with van der Waals surface area (Å²) >= 11 is 0. The van der Waals surface area contributed by atoms with Crippen molar-refractivity contribution in [2.24, 2.45) is 0 Å². The average molecular weight is 231 g/mol. The molecule has 1 aromatic rings. The Morgan fingerprint density at radius 1 is 1.12 bits per heavy atom. The van der Waals surface area contributed by atoms with E-state index in [-0.39, 0.29) is 0 Å². The van der Waals surface area contributed by atoms with Crippen molar-refractivity contribution in [2.75, 3.05) is 18.2 Å². The summed E-state index contributed by atoms with van der Waals surface area (Å²) in [6.07, 6.45) is 0. The number of hydroxylamine groups is 1. The fourth-order valence-corrected chi connectivity index (χ4v) is 1.36. The molecule has 0 spiro atoms. The van der Waals surface area contributed by atoms with Gasteiger partial charge in [-0.05, 0) is 32.9 Å². The van der Waals surface area contributed by atoms with Crippen molar-refractivity contribution in [1.29, 1.82) is 0 Å². The first-order valence-electron chi connectivity index (χ1n) is 5.75. The van der Waals surface area contributed by atoms with Crippen LogP contribution in [0.15, 0.2) is 48.6 Å². The van der Waals surface area contributed by atoms with E-state index in [0.717, 1.165) is 16.8 Å². The number of hydrogen-bond donors (Lipinski definition) is 0. The zero-order valence-electron chi connectivity index (χ0n) is 11.0. The van der Waals surface area contributed by atoms with Gasteiger partial charge in [0.25, 0.3) is 0 Å². The van der Waals surface area contributed by atoms with Gasteiger partial charge in [-0.2, -0.15) is 0 Å². The molecule has 17 heavy (non-hydrogen) atoms. The van der Waals surface area contributed by atoms with E-state index >= 15 is 0 Å². The predicted molar refractivity (Wildman–Crippen MR) is 74.1 cm³/mol. The summed E-state index contributed by atoms with van der Waals surface area (Å²) in [6.45, 7) is 15.0. The first-order chi connectivity index (χ1) is 7.99. The quantitative estimate of drug-likeness (QED) is 0.544. The molecule has 0 bridgehead atoms. The van der Waals surface area contributed by atoms with Gasteiger partial charge >= 0.3 is 0 Å². The lowest BCUT2D eigenvalue weighted by atomic mass is 10.2. The Hall–Kier alpha value is -1.54. The van der Waals surface area contributed by atoms with E-state index in [1.54, 1.807) is 0 Å². The van der Waals surface area contributed by atoms with Crippen LogP contribution in [0.25, 0.3) is 0 Å². The van der Waals surface area contributed by atoms with E-state index in [1.165, 1.54) is 5.56 Å². The Balaban J connectivity index is 2.77. The van der Waals surface area contributed by atoms with Crippen LogP contribution in [0.2, 0.25) is 0 Å². The standard InChI is InChI=1S/C15H21NO/c1-12(2)10-16(17-11-13(3)4)15-8-6-14(5)7-9-15/h6-9H,1,3,10-11H2,2,4-5H3. The van der Waals surface area contributed by atoms with Gasteiger partial charge in [0.1, 0.15) is 0 Å². The van der Waals surface area contributed by atoms with Gasteiger partial charge in [0.05, 0.1) is 18.8 Å². The minimum atomic E-state index is 0.529. The molecular formula is C15H21NO. The van der Waals surface area contributed by atoms with Gasteiger partial charge in [-0.1, -0.05) is 42.0 Å². The van der Waals surface area contributed by atoms with Gasteiger partial charge in [-0.15, -0.1) is 0 Å². The maximum atomic E-state index is 5.71. The van der Waals surface area contributed by atoms with Gasteiger partial charge in [0.15, 0.2) is 0 Å². The molecule has 0 radical (unpaired) electrons. The Morgan fingerprint density at radius 3 is 2.18 bits per heavy atom. The number of benzene rings is 1. The zero-order chi connectivity index (χ0) is 12.8. The lowest BCUT2D eigenvalue weighted by Gasteiger charge is -2.24. The van der Waals surface area contributed by atoms with Gasteiger partial charge in [0, 0.05) is 0 Å². The average Bonchev–Trinajstić information content (AvgIpc) is 2.25. The molecule has 92 valence electrons. The molecule has 0 fully saturated rings.